The molecule has 1 aliphatic heterocycles. The molecule has 1 unspecified atom stereocenters. The molecule has 29 heavy (non-hydrogen) atoms. The van der Waals surface area contributed by atoms with Crippen molar-refractivity contribution in [3.8, 4) is 5.69 Å². The first-order valence-electron chi connectivity index (χ1n) is 10.1. The van der Waals surface area contributed by atoms with Crippen LogP contribution >= 0.6 is 11.8 Å². The highest BCUT2D eigenvalue weighted by atomic mass is 32.2. The molecule has 1 fully saturated rings. The first-order chi connectivity index (χ1) is 14.1. The molecule has 0 bridgehead atoms. The summed E-state index contributed by atoms with van der Waals surface area (Å²) >= 11 is 1.53. The molecule has 8 heteroatoms. The Balaban J connectivity index is 1.46. The van der Waals surface area contributed by atoms with Gasteiger partial charge in [-0.05, 0) is 37.5 Å². The Kier molecular flexibility index (Phi) is 4.66. The summed E-state index contributed by atoms with van der Waals surface area (Å²) in [4.78, 5) is 30.4. The minimum absolute atomic E-state index is 0.0257. The zero-order chi connectivity index (χ0) is 20.0. The molecular formula is C21H23N5O2S. The minimum atomic E-state index is -0.164. The number of amides is 1. The van der Waals surface area contributed by atoms with Gasteiger partial charge in [-0.15, -0.1) is 0 Å². The van der Waals surface area contributed by atoms with Gasteiger partial charge >= 0.3 is 0 Å². The first-order valence-corrected chi connectivity index (χ1v) is 11.1. The molecule has 1 amide bonds. The molecule has 0 saturated heterocycles. The van der Waals surface area contributed by atoms with Crippen LogP contribution in [0.5, 0.6) is 0 Å². The fraction of sp³-hybridized carbons (Fsp3) is 0.429. The molecule has 1 N–H and O–H groups in total. The van der Waals surface area contributed by atoms with Crippen LogP contribution in [0.3, 0.4) is 0 Å². The summed E-state index contributed by atoms with van der Waals surface area (Å²) in [5.41, 5.74) is 2.45. The second kappa shape index (κ2) is 7.33. The molecular weight excluding hydrogens is 386 g/mol. The van der Waals surface area contributed by atoms with E-state index in [4.69, 9.17) is 4.98 Å². The highest BCUT2D eigenvalue weighted by Crippen LogP contribution is 2.33. The van der Waals surface area contributed by atoms with E-state index in [-0.39, 0.29) is 17.5 Å². The van der Waals surface area contributed by atoms with Gasteiger partial charge in [-0.3, -0.25) is 14.2 Å². The van der Waals surface area contributed by atoms with Crippen LogP contribution < -0.4 is 10.9 Å². The van der Waals surface area contributed by atoms with Gasteiger partial charge in [0.15, 0.2) is 10.8 Å². The van der Waals surface area contributed by atoms with Crippen LogP contribution in [0, 0.1) is 6.92 Å². The normalized spacial score (nSPS) is 19.0. The van der Waals surface area contributed by atoms with E-state index in [1.165, 1.54) is 24.6 Å². The van der Waals surface area contributed by atoms with Gasteiger partial charge < -0.3 is 5.32 Å². The van der Waals surface area contributed by atoms with Crippen molar-refractivity contribution >= 4 is 28.7 Å². The SMILES string of the molecule is Cc1cccc(-n2ncc3c(=O)n4c(nc32)SCC4CC(=O)NC2CCCC2)c1. The van der Waals surface area contributed by atoms with Crippen LogP contribution in [0.1, 0.15) is 43.7 Å². The number of benzene rings is 1. The highest BCUT2D eigenvalue weighted by molar-refractivity contribution is 7.99. The van der Waals surface area contributed by atoms with Crippen molar-refractivity contribution in [2.45, 2.75) is 56.3 Å². The number of carbonyl (C=O) groups is 1. The number of carbonyl (C=O) groups excluding carboxylic acids is 1. The predicted octanol–water partition coefficient (Wildman–Crippen LogP) is 2.99. The number of hydrogen-bond donors (Lipinski definition) is 1. The minimum Gasteiger partial charge on any atom is -0.353 e. The molecule has 5 rings (SSSR count). The number of aryl methyl sites for hydroxylation is 1. The Labute approximate surface area is 172 Å². The summed E-state index contributed by atoms with van der Waals surface area (Å²) in [7, 11) is 0. The maximum Gasteiger partial charge on any atom is 0.265 e. The number of thioether (sulfide) groups is 1. The topological polar surface area (TPSA) is 81.8 Å². The van der Waals surface area contributed by atoms with Gasteiger partial charge in [0.05, 0.1) is 17.9 Å². The van der Waals surface area contributed by atoms with Crippen LogP contribution in [0.2, 0.25) is 0 Å². The Hall–Kier alpha value is -2.61. The largest absolute Gasteiger partial charge is 0.353 e. The predicted molar refractivity (Wildman–Crippen MR) is 113 cm³/mol. The number of nitrogens with zero attached hydrogens (tertiary/aromatic N) is 4. The van der Waals surface area contributed by atoms with E-state index >= 15 is 0 Å². The highest BCUT2D eigenvalue weighted by Gasteiger charge is 2.30. The average molecular weight is 410 g/mol. The van der Waals surface area contributed by atoms with Crippen LogP contribution in [0.25, 0.3) is 16.7 Å². The zero-order valence-electron chi connectivity index (χ0n) is 16.3. The number of fused-ring (bicyclic) bond motifs is 2. The maximum absolute atomic E-state index is 13.2. The van der Waals surface area contributed by atoms with Crippen molar-refractivity contribution in [1.29, 1.82) is 0 Å². The van der Waals surface area contributed by atoms with E-state index < -0.39 is 0 Å². The second-order valence-electron chi connectivity index (χ2n) is 7.92. The Morgan fingerprint density at radius 1 is 1.31 bits per heavy atom. The molecule has 1 aromatic carbocycles. The summed E-state index contributed by atoms with van der Waals surface area (Å²) in [5, 5.41) is 8.69. The summed E-state index contributed by atoms with van der Waals surface area (Å²) in [6.45, 7) is 2.02. The zero-order valence-corrected chi connectivity index (χ0v) is 17.1. The van der Waals surface area contributed by atoms with Crippen molar-refractivity contribution in [2.24, 2.45) is 0 Å². The number of nitrogens with one attached hydrogen (secondary N) is 1. The molecule has 1 atom stereocenters. The summed E-state index contributed by atoms with van der Waals surface area (Å²) in [6, 6.07) is 8.08. The molecule has 2 aliphatic rings. The summed E-state index contributed by atoms with van der Waals surface area (Å²) in [5.74, 6) is 0.711. The molecule has 2 aromatic heterocycles. The second-order valence-corrected chi connectivity index (χ2v) is 8.91. The maximum atomic E-state index is 13.2. The number of hydrogen-bond acceptors (Lipinski definition) is 5. The van der Waals surface area contributed by atoms with Gasteiger partial charge in [0, 0.05) is 18.2 Å². The van der Waals surface area contributed by atoms with E-state index in [9.17, 15) is 9.59 Å². The van der Waals surface area contributed by atoms with Crippen LogP contribution in [0.15, 0.2) is 40.4 Å². The monoisotopic (exact) mass is 409 g/mol. The third-order valence-electron chi connectivity index (χ3n) is 5.76. The quantitative estimate of drug-likeness (QED) is 0.670. The van der Waals surface area contributed by atoms with Crippen molar-refractivity contribution < 1.29 is 4.79 Å². The third kappa shape index (κ3) is 3.35. The standard InChI is InChI=1S/C21H23N5O2S/c1-13-5-4-8-15(9-13)26-19-17(11-22-26)20(28)25-16(12-29-21(25)24-19)10-18(27)23-14-6-2-3-7-14/h4-5,8-9,11,14,16H,2-3,6-7,10,12H2,1H3,(H,23,27). The van der Waals surface area contributed by atoms with Crippen molar-refractivity contribution in [3.05, 3.63) is 46.4 Å². The molecule has 0 radical (unpaired) electrons. The summed E-state index contributed by atoms with van der Waals surface area (Å²) in [6.07, 6.45) is 6.37. The first kappa shape index (κ1) is 18.4. The van der Waals surface area contributed by atoms with E-state index in [1.807, 2.05) is 31.2 Å². The average Bonchev–Trinajstić information content (AvgIpc) is 3.42. The summed E-state index contributed by atoms with van der Waals surface area (Å²) < 4.78 is 3.40. The van der Waals surface area contributed by atoms with Gasteiger partial charge in [-0.1, -0.05) is 36.7 Å². The van der Waals surface area contributed by atoms with Gasteiger partial charge in [-0.25, -0.2) is 9.67 Å². The van der Waals surface area contributed by atoms with E-state index in [0.717, 1.165) is 24.1 Å². The van der Waals surface area contributed by atoms with Crippen molar-refractivity contribution in [3.63, 3.8) is 0 Å². The Bertz CT molecular complexity index is 1150. The lowest BCUT2D eigenvalue weighted by molar-refractivity contribution is -0.122. The Morgan fingerprint density at radius 3 is 2.93 bits per heavy atom. The molecule has 150 valence electrons. The smallest absolute Gasteiger partial charge is 0.265 e. The van der Waals surface area contributed by atoms with E-state index in [2.05, 4.69) is 10.4 Å². The fourth-order valence-electron chi connectivity index (χ4n) is 4.30. The lowest BCUT2D eigenvalue weighted by Crippen LogP contribution is -2.35. The molecule has 3 aromatic rings. The molecule has 1 aliphatic carbocycles. The third-order valence-corrected chi connectivity index (χ3v) is 6.86. The van der Waals surface area contributed by atoms with E-state index in [1.54, 1.807) is 15.4 Å². The van der Waals surface area contributed by atoms with Crippen LogP contribution in [0.4, 0.5) is 0 Å². The lowest BCUT2D eigenvalue weighted by atomic mass is 10.2. The Morgan fingerprint density at radius 2 is 2.14 bits per heavy atom. The molecule has 1 saturated carbocycles. The number of aromatic nitrogens is 4. The molecule has 3 heterocycles. The molecule has 0 spiro atoms. The van der Waals surface area contributed by atoms with Gasteiger partial charge in [-0.2, -0.15) is 5.10 Å². The number of rotatable bonds is 4. The fourth-order valence-corrected chi connectivity index (χ4v) is 5.43. The van der Waals surface area contributed by atoms with E-state index in [0.29, 0.717) is 34.4 Å². The van der Waals surface area contributed by atoms with Crippen molar-refractivity contribution in [1.82, 2.24) is 24.6 Å². The van der Waals surface area contributed by atoms with Crippen molar-refractivity contribution in [2.75, 3.05) is 5.75 Å². The van der Waals surface area contributed by atoms with Gasteiger partial charge in [0.1, 0.15) is 5.39 Å². The van der Waals surface area contributed by atoms with Crippen LogP contribution in [-0.2, 0) is 4.79 Å². The van der Waals surface area contributed by atoms with Crippen LogP contribution in [-0.4, -0.2) is 37.0 Å². The van der Waals surface area contributed by atoms with Gasteiger partial charge in [0.2, 0.25) is 5.91 Å². The lowest BCUT2D eigenvalue weighted by Gasteiger charge is -2.16. The molecule has 7 nitrogen and oxygen atoms in total. The van der Waals surface area contributed by atoms with Gasteiger partial charge in [0.25, 0.3) is 5.56 Å².